The Morgan fingerprint density at radius 1 is 1.57 bits per heavy atom. The number of pyridine rings is 1. The van der Waals surface area contributed by atoms with Gasteiger partial charge in [-0.05, 0) is 25.0 Å². The van der Waals surface area contributed by atoms with E-state index in [1.807, 2.05) is 17.0 Å². The highest BCUT2D eigenvalue weighted by Gasteiger charge is 2.46. The van der Waals surface area contributed by atoms with Crippen molar-refractivity contribution in [2.75, 3.05) is 26.8 Å². The molecule has 0 bridgehead atoms. The molecular weight excluding hydrogens is 268 g/mol. The number of likely N-dealkylation sites (tertiary alicyclic amines) is 1. The Labute approximate surface area is 125 Å². The number of aryl methyl sites for hydroxylation is 1. The lowest BCUT2D eigenvalue weighted by atomic mass is 9.98. The van der Waals surface area contributed by atoms with Gasteiger partial charge in [0.1, 0.15) is 0 Å². The third kappa shape index (κ3) is 2.80. The highest BCUT2D eigenvalue weighted by atomic mass is 16.6. The van der Waals surface area contributed by atoms with Crippen LogP contribution in [0.5, 0.6) is 0 Å². The summed E-state index contributed by atoms with van der Waals surface area (Å²) in [5.41, 5.74) is 1.46. The molecule has 0 unspecified atom stereocenters. The van der Waals surface area contributed by atoms with Crippen LogP contribution in [-0.2, 0) is 15.9 Å². The molecule has 2 atom stereocenters. The first-order chi connectivity index (χ1) is 10.2. The molecule has 114 valence electrons. The normalized spacial score (nSPS) is 28.5. The summed E-state index contributed by atoms with van der Waals surface area (Å²) in [6, 6.07) is 3.79. The summed E-state index contributed by atoms with van der Waals surface area (Å²) < 4.78 is 11.3. The van der Waals surface area contributed by atoms with E-state index in [2.05, 4.69) is 11.9 Å². The smallest absolute Gasteiger partial charge is 0.255 e. The average molecular weight is 290 g/mol. The number of amides is 1. The van der Waals surface area contributed by atoms with Crippen molar-refractivity contribution in [1.82, 2.24) is 9.88 Å². The maximum atomic E-state index is 12.5. The SMILES string of the molecule is CCc1ccc(C(=O)N2CC[C@]3(C[C@@H](OC)CO3)C2)cn1. The van der Waals surface area contributed by atoms with Crippen molar-refractivity contribution < 1.29 is 14.3 Å². The third-order valence-corrected chi connectivity index (χ3v) is 4.55. The molecule has 1 aromatic rings. The van der Waals surface area contributed by atoms with Crippen molar-refractivity contribution in [2.24, 2.45) is 0 Å². The van der Waals surface area contributed by atoms with Crippen molar-refractivity contribution in [2.45, 2.75) is 37.9 Å². The molecule has 2 aliphatic heterocycles. The molecule has 0 aromatic carbocycles. The molecule has 0 saturated carbocycles. The molecule has 5 heteroatoms. The van der Waals surface area contributed by atoms with Crippen LogP contribution in [0, 0.1) is 0 Å². The van der Waals surface area contributed by atoms with E-state index in [1.165, 1.54) is 0 Å². The zero-order chi connectivity index (χ0) is 14.9. The Morgan fingerprint density at radius 3 is 3.05 bits per heavy atom. The molecule has 2 saturated heterocycles. The summed E-state index contributed by atoms with van der Waals surface area (Å²) in [5.74, 6) is 0.0477. The highest BCUT2D eigenvalue weighted by Crippen LogP contribution is 2.36. The Morgan fingerprint density at radius 2 is 2.43 bits per heavy atom. The highest BCUT2D eigenvalue weighted by molar-refractivity contribution is 5.94. The van der Waals surface area contributed by atoms with E-state index >= 15 is 0 Å². The van der Waals surface area contributed by atoms with Crippen LogP contribution in [0.3, 0.4) is 0 Å². The van der Waals surface area contributed by atoms with Crippen molar-refractivity contribution >= 4 is 5.91 Å². The molecule has 3 rings (SSSR count). The molecule has 1 aromatic heterocycles. The maximum Gasteiger partial charge on any atom is 0.255 e. The fraction of sp³-hybridized carbons (Fsp3) is 0.625. The minimum Gasteiger partial charge on any atom is -0.379 e. The molecule has 1 spiro atoms. The number of rotatable bonds is 3. The van der Waals surface area contributed by atoms with Crippen LogP contribution >= 0.6 is 0 Å². The standard InChI is InChI=1S/C16H22N2O3/c1-3-13-5-4-12(9-17-13)15(19)18-7-6-16(11-18)8-14(20-2)10-21-16/h4-5,9,14H,3,6-8,10-11H2,1-2H3/t14-,16+/m1/s1. The van der Waals surface area contributed by atoms with Gasteiger partial charge in [0, 0.05) is 32.0 Å². The van der Waals surface area contributed by atoms with Crippen LogP contribution in [0.2, 0.25) is 0 Å². The molecule has 3 heterocycles. The number of carbonyl (C=O) groups is 1. The van der Waals surface area contributed by atoms with Crippen LogP contribution in [0.25, 0.3) is 0 Å². The van der Waals surface area contributed by atoms with Crippen molar-refractivity contribution in [3.05, 3.63) is 29.6 Å². The molecule has 0 radical (unpaired) electrons. The van der Waals surface area contributed by atoms with Gasteiger partial charge < -0.3 is 14.4 Å². The summed E-state index contributed by atoms with van der Waals surface area (Å²) in [6.45, 7) is 4.08. The van der Waals surface area contributed by atoms with Gasteiger partial charge >= 0.3 is 0 Å². The van der Waals surface area contributed by atoms with Crippen LogP contribution in [0.4, 0.5) is 0 Å². The zero-order valence-corrected chi connectivity index (χ0v) is 12.7. The van der Waals surface area contributed by atoms with Gasteiger partial charge in [0.05, 0.1) is 30.4 Å². The van der Waals surface area contributed by atoms with E-state index in [-0.39, 0.29) is 17.6 Å². The number of ether oxygens (including phenoxy) is 2. The second-order valence-electron chi connectivity index (χ2n) is 5.92. The Bertz CT molecular complexity index is 517. The number of methoxy groups -OCH3 is 1. The largest absolute Gasteiger partial charge is 0.379 e. The average Bonchev–Trinajstić information content (AvgIpc) is 3.14. The van der Waals surface area contributed by atoms with E-state index in [0.29, 0.717) is 18.7 Å². The minimum absolute atomic E-state index is 0.0477. The first-order valence-corrected chi connectivity index (χ1v) is 7.57. The predicted molar refractivity (Wildman–Crippen MR) is 78.2 cm³/mol. The van der Waals surface area contributed by atoms with Crippen molar-refractivity contribution in [1.29, 1.82) is 0 Å². The third-order valence-electron chi connectivity index (χ3n) is 4.55. The number of carbonyl (C=O) groups excluding carboxylic acids is 1. The zero-order valence-electron chi connectivity index (χ0n) is 12.7. The van der Waals surface area contributed by atoms with Crippen LogP contribution in [0.15, 0.2) is 18.3 Å². The maximum absolute atomic E-state index is 12.5. The number of aromatic nitrogens is 1. The van der Waals surface area contributed by atoms with Gasteiger partial charge in [-0.2, -0.15) is 0 Å². The lowest BCUT2D eigenvalue weighted by Crippen LogP contribution is -2.36. The second kappa shape index (κ2) is 5.73. The summed E-state index contributed by atoms with van der Waals surface area (Å²) >= 11 is 0. The number of nitrogens with zero attached hydrogens (tertiary/aromatic N) is 2. The van der Waals surface area contributed by atoms with E-state index in [0.717, 1.165) is 31.5 Å². The van der Waals surface area contributed by atoms with Crippen LogP contribution < -0.4 is 0 Å². The monoisotopic (exact) mass is 290 g/mol. The summed E-state index contributed by atoms with van der Waals surface area (Å²) in [7, 11) is 1.71. The van der Waals surface area contributed by atoms with Gasteiger partial charge in [0.2, 0.25) is 0 Å². The van der Waals surface area contributed by atoms with Crippen LogP contribution in [0.1, 0.15) is 35.8 Å². The summed E-state index contributed by atoms with van der Waals surface area (Å²) in [6.07, 6.45) is 4.48. The molecule has 2 fully saturated rings. The van der Waals surface area contributed by atoms with E-state index < -0.39 is 0 Å². The van der Waals surface area contributed by atoms with Gasteiger partial charge in [-0.3, -0.25) is 9.78 Å². The molecule has 21 heavy (non-hydrogen) atoms. The fourth-order valence-electron chi connectivity index (χ4n) is 3.20. The van der Waals surface area contributed by atoms with E-state index in [9.17, 15) is 4.79 Å². The first kappa shape index (κ1) is 14.5. The van der Waals surface area contributed by atoms with E-state index in [4.69, 9.17) is 9.47 Å². The van der Waals surface area contributed by atoms with Gasteiger partial charge in [0.15, 0.2) is 0 Å². The lowest BCUT2D eigenvalue weighted by molar-refractivity contribution is 0.00702. The fourth-order valence-corrected chi connectivity index (χ4v) is 3.20. The molecule has 2 aliphatic rings. The van der Waals surface area contributed by atoms with Gasteiger partial charge in [-0.1, -0.05) is 6.92 Å². The number of hydrogen-bond acceptors (Lipinski definition) is 4. The summed E-state index contributed by atoms with van der Waals surface area (Å²) in [5, 5.41) is 0. The van der Waals surface area contributed by atoms with Gasteiger partial charge in [-0.15, -0.1) is 0 Å². The molecule has 5 nitrogen and oxygen atoms in total. The number of hydrogen-bond donors (Lipinski definition) is 0. The topological polar surface area (TPSA) is 51.7 Å². The molecule has 0 N–H and O–H groups in total. The Hall–Kier alpha value is -1.46. The Balaban J connectivity index is 1.66. The molecule has 0 aliphatic carbocycles. The second-order valence-corrected chi connectivity index (χ2v) is 5.92. The minimum atomic E-state index is -0.201. The van der Waals surface area contributed by atoms with Crippen molar-refractivity contribution in [3.8, 4) is 0 Å². The summed E-state index contributed by atoms with van der Waals surface area (Å²) in [4.78, 5) is 18.7. The first-order valence-electron chi connectivity index (χ1n) is 7.57. The van der Waals surface area contributed by atoms with Gasteiger partial charge in [-0.25, -0.2) is 0 Å². The molecule has 1 amide bonds. The van der Waals surface area contributed by atoms with Gasteiger partial charge in [0.25, 0.3) is 5.91 Å². The predicted octanol–water partition coefficient (Wildman–Crippen LogP) is 1.66. The van der Waals surface area contributed by atoms with Crippen molar-refractivity contribution in [3.63, 3.8) is 0 Å². The quantitative estimate of drug-likeness (QED) is 0.849. The molecular formula is C16H22N2O3. The lowest BCUT2D eigenvalue weighted by Gasteiger charge is -2.23. The van der Waals surface area contributed by atoms with E-state index in [1.54, 1.807) is 13.3 Å². The van der Waals surface area contributed by atoms with Crippen LogP contribution in [-0.4, -0.2) is 54.3 Å². The Kier molecular flexibility index (Phi) is 3.95.